The highest BCUT2D eigenvalue weighted by atomic mass is 16.6. The Balaban J connectivity index is 1.78. The largest absolute Gasteiger partial charge is 0.447 e. The lowest BCUT2D eigenvalue weighted by atomic mass is 9.96. The highest BCUT2D eigenvalue weighted by Gasteiger charge is 2.37. The minimum absolute atomic E-state index is 0.0528. The number of carbonyl (C=O) groups is 1. The fourth-order valence-corrected chi connectivity index (χ4v) is 2.71. The van der Waals surface area contributed by atoms with E-state index in [0.29, 0.717) is 30.1 Å². The average molecular weight is 374 g/mol. The van der Waals surface area contributed by atoms with E-state index in [9.17, 15) is 4.79 Å². The van der Waals surface area contributed by atoms with Gasteiger partial charge in [-0.2, -0.15) is 9.97 Å². The van der Waals surface area contributed by atoms with Crippen LogP contribution in [-0.4, -0.2) is 38.9 Å². The lowest BCUT2D eigenvalue weighted by Gasteiger charge is -2.23. The number of aromatic nitrogens is 4. The van der Waals surface area contributed by atoms with E-state index < -0.39 is 6.09 Å². The Hall–Kier alpha value is -2.71. The van der Waals surface area contributed by atoms with Gasteiger partial charge in [0.15, 0.2) is 5.82 Å². The minimum Gasteiger partial charge on any atom is -0.447 e. The van der Waals surface area contributed by atoms with Crippen molar-refractivity contribution in [1.82, 2.24) is 20.1 Å². The van der Waals surface area contributed by atoms with Crippen molar-refractivity contribution < 1.29 is 14.1 Å². The number of cyclic esters (lactones) is 1. The Morgan fingerprint density at radius 2 is 2.00 bits per heavy atom. The molecule has 9 nitrogen and oxygen atoms in total. The minimum atomic E-state index is -0.391. The van der Waals surface area contributed by atoms with E-state index in [1.165, 1.54) is 0 Å². The second-order valence-electron chi connectivity index (χ2n) is 8.07. The molecule has 1 N–H and O–H groups in total. The maximum absolute atomic E-state index is 12.1. The Bertz CT molecular complexity index is 813. The maximum Gasteiger partial charge on any atom is 0.415 e. The number of ether oxygens (including phenoxy) is 1. The van der Waals surface area contributed by atoms with Crippen LogP contribution in [0.25, 0.3) is 0 Å². The van der Waals surface area contributed by atoms with E-state index in [2.05, 4.69) is 25.4 Å². The fourth-order valence-electron chi connectivity index (χ4n) is 2.71. The van der Waals surface area contributed by atoms with Crippen LogP contribution in [-0.2, 0) is 10.2 Å². The van der Waals surface area contributed by atoms with Gasteiger partial charge in [-0.05, 0) is 18.9 Å². The molecule has 146 valence electrons. The Kier molecular flexibility index (Phi) is 5.03. The monoisotopic (exact) mass is 374 g/mol. The molecule has 0 radical (unpaired) electrons. The van der Waals surface area contributed by atoms with Crippen molar-refractivity contribution in [2.75, 3.05) is 16.8 Å². The van der Waals surface area contributed by atoms with Crippen LogP contribution in [0.15, 0.2) is 16.8 Å². The first-order valence-corrected chi connectivity index (χ1v) is 9.06. The maximum atomic E-state index is 12.1. The van der Waals surface area contributed by atoms with Gasteiger partial charge in [-0.15, -0.1) is 0 Å². The number of hydrogen-bond acceptors (Lipinski definition) is 8. The van der Waals surface area contributed by atoms with Crippen LogP contribution in [0.5, 0.6) is 0 Å². The lowest BCUT2D eigenvalue weighted by Crippen LogP contribution is -2.37. The topological polar surface area (TPSA) is 106 Å². The molecule has 3 rings (SSSR count). The first-order chi connectivity index (χ1) is 12.7. The molecule has 2 aromatic rings. The molecule has 1 aliphatic heterocycles. The summed E-state index contributed by atoms with van der Waals surface area (Å²) in [6.45, 7) is 12.4. The highest BCUT2D eigenvalue weighted by molar-refractivity contribution is 5.89. The van der Waals surface area contributed by atoms with Crippen molar-refractivity contribution in [2.45, 2.75) is 59.0 Å². The van der Waals surface area contributed by atoms with Crippen LogP contribution in [0.1, 0.15) is 59.3 Å². The van der Waals surface area contributed by atoms with Gasteiger partial charge in [0.25, 0.3) is 0 Å². The van der Waals surface area contributed by atoms with Crippen LogP contribution in [0.4, 0.5) is 16.6 Å². The number of nitrogens with zero attached hydrogens (tertiary/aromatic N) is 5. The second-order valence-corrected chi connectivity index (χ2v) is 8.07. The summed E-state index contributed by atoms with van der Waals surface area (Å²) in [5, 5.41) is 7.18. The number of hydrogen-bond donors (Lipinski definition) is 1. The molecule has 0 unspecified atom stereocenters. The number of nitrogens with one attached hydrogen (secondary N) is 1. The molecular formula is C18H26N6O3. The SMILES string of the molecule is CC(C)[C@H]1COC(=O)N1c1ccnc(N[C@H](C)c2nc(C(C)(C)C)no2)n1. The highest BCUT2D eigenvalue weighted by Crippen LogP contribution is 2.27. The van der Waals surface area contributed by atoms with Crippen LogP contribution in [0.3, 0.4) is 0 Å². The normalized spacial score (nSPS) is 18.7. The number of rotatable bonds is 5. The van der Waals surface area contributed by atoms with Crippen molar-refractivity contribution in [3.8, 4) is 0 Å². The van der Waals surface area contributed by atoms with E-state index in [1.807, 2.05) is 41.5 Å². The van der Waals surface area contributed by atoms with Gasteiger partial charge in [0, 0.05) is 11.6 Å². The molecule has 0 spiro atoms. The van der Waals surface area contributed by atoms with E-state index >= 15 is 0 Å². The van der Waals surface area contributed by atoms with E-state index in [4.69, 9.17) is 9.26 Å². The average Bonchev–Trinajstić information content (AvgIpc) is 3.21. The third kappa shape index (κ3) is 4.01. The van der Waals surface area contributed by atoms with Crippen LogP contribution >= 0.6 is 0 Å². The van der Waals surface area contributed by atoms with Gasteiger partial charge in [0.05, 0.1) is 6.04 Å². The summed E-state index contributed by atoms with van der Waals surface area (Å²) in [5.74, 6) is 2.21. The summed E-state index contributed by atoms with van der Waals surface area (Å²) in [7, 11) is 0. The molecule has 2 aromatic heterocycles. The summed E-state index contributed by atoms with van der Waals surface area (Å²) in [5.41, 5.74) is -0.195. The fraction of sp³-hybridized carbons (Fsp3) is 0.611. The van der Waals surface area contributed by atoms with Crippen LogP contribution in [0, 0.1) is 5.92 Å². The summed E-state index contributed by atoms with van der Waals surface area (Å²) >= 11 is 0. The molecule has 0 aromatic carbocycles. The standard InChI is InChI=1S/C18H26N6O3/c1-10(2)12-9-26-17(25)24(12)13-7-8-19-16(21-13)20-11(3)14-22-15(23-27-14)18(4,5)6/h7-8,10-12H,9H2,1-6H3,(H,19,20,21)/t11-,12-/m1/s1. The lowest BCUT2D eigenvalue weighted by molar-refractivity contribution is 0.177. The molecule has 9 heteroatoms. The molecule has 0 aliphatic carbocycles. The molecule has 2 atom stereocenters. The van der Waals surface area contributed by atoms with Gasteiger partial charge < -0.3 is 14.6 Å². The van der Waals surface area contributed by atoms with E-state index in [-0.39, 0.29) is 23.4 Å². The van der Waals surface area contributed by atoms with Gasteiger partial charge >= 0.3 is 6.09 Å². The first kappa shape index (κ1) is 19.1. The smallest absolute Gasteiger partial charge is 0.415 e. The molecular weight excluding hydrogens is 348 g/mol. The predicted molar refractivity (Wildman–Crippen MR) is 99.5 cm³/mol. The van der Waals surface area contributed by atoms with Gasteiger partial charge in [-0.3, -0.25) is 4.90 Å². The van der Waals surface area contributed by atoms with Crippen LogP contribution < -0.4 is 10.2 Å². The quantitative estimate of drug-likeness (QED) is 0.849. The third-order valence-electron chi connectivity index (χ3n) is 4.39. The molecule has 1 fully saturated rings. The van der Waals surface area contributed by atoms with Crippen molar-refractivity contribution in [1.29, 1.82) is 0 Å². The molecule has 1 amide bonds. The van der Waals surface area contributed by atoms with Gasteiger partial charge in [0.2, 0.25) is 11.8 Å². The zero-order valence-electron chi connectivity index (χ0n) is 16.6. The van der Waals surface area contributed by atoms with Crippen molar-refractivity contribution >= 4 is 17.9 Å². The van der Waals surface area contributed by atoms with E-state index in [1.54, 1.807) is 17.2 Å². The zero-order valence-corrected chi connectivity index (χ0v) is 16.6. The van der Waals surface area contributed by atoms with Gasteiger partial charge in [0.1, 0.15) is 18.5 Å². The molecule has 0 saturated carbocycles. The summed E-state index contributed by atoms with van der Waals surface area (Å²) < 4.78 is 10.5. The molecule has 1 saturated heterocycles. The summed E-state index contributed by atoms with van der Waals surface area (Å²) in [4.78, 5) is 26.9. The molecule has 3 heterocycles. The van der Waals surface area contributed by atoms with Gasteiger partial charge in [-0.1, -0.05) is 39.8 Å². The Labute approximate surface area is 158 Å². The molecule has 0 bridgehead atoms. The van der Waals surface area contributed by atoms with Crippen molar-refractivity contribution in [2.24, 2.45) is 5.92 Å². The Morgan fingerprint density at radius 3 is 2.63 bits per heavy atom. The van der Waals surface area contributed by atoms with E-state index in [0.717, 1.165) is 0 Å². The summed E-state index contributed by atoms with van der Waals surface area (Å²) in [6.07, 6.45) is 1.22. The third-order valence-corrected chi connectivity index (χ3v) is 4.39. The van der Waals surface area contributed by atoms with Crippen molar-refractivity contribution in [3.63, 3.8) is 0 Å². The summed E-state index contributed by atoms with van der Waals surface area (Å²) in [6, 6.07) is 1.36. The van der Waals surface area contributed by atoms with Gasteiger partial charge in [-0.25, -0.2) is 9.78 Å². The number of amides is 1. The van der Waals surface area contributed by atoms with Crippen molar-refractivity contribution in [3.05, 3.63) is 24.0 Å². The second kappa shape index (κ2) is 7.13. The predicted octanol–water partition coefficient (Wildman–Crippen LogP) is 3.31. The first-order valence-electron chi connectivity index (χ1n) is 9.06. The molecule has 1 aliphatic rings. The zero-order chi connectivity index (χ0) is 19.8. The molecule has 27 heavy (non-hydrogen) atoms. The number of anilines is 2. The van der Waals surface area contributed by atoms with Crippen LogP contribution in [0.2, 0.25) is 0 Å². The Morgan fingerprint density at radius 1 is 1.26 bits per heavy atom. The number of carbonyl (C=O) groups excluding carboxylic acids is 1.